The molecule has 136 valence electrons. The Morgan fingerprint density at radius 3 is 2.70 bits per heavy atom. The molecule has 2 aromatic rings. The van der Waals surface area contributed by atoms with Crippen LogP contribution in [0.4, 0.5) is 0 Å². The van der Waals surface area contributed by atoms with E-state index in [1.54, 1.807) is 11.0 Å². The predicted molar refractivity (Wildman–Crippen MR) is 112 cm³/mol. The zero-order valence-electron chi connectivity index (χ0n) is 15.1. The summed E-state index contributed by atoms with van der Waals surface area (Å²) in [6.07, 6.45) is 3.58. The molecular formula is C20H17ClN4OS. The van der Waals surface area contributed by atoms with Crippen molar-refractivity contribution < 1.29 is 4.79 Å². The molecule has 27 heavy (non-hydrogen) atoms. The van der Waals surface area contributed by atoms with E-state index >= 15 is 0 Å². The van der Waals surface area contributed by atoms with Crippen LogP contribution >= 0.6 is 23.4 Å². The molecule has 0 fully saturated rings. The van der Waals surface area contributed by atoms with Crippen LogP contribution in [-0.4, -0.2) is 26.4 Å². The number of hydrogen-bond acceptors (Lipinski definition) is 3. The van der Waals surface area contributed by atoms with Crippen LogP contribution in [0.1, 0.15) is 23.9 Å². The molecule has 0 aliphatic carbocycles. The number of hydrogen-bond donors (Lipinski definition) is 1. The molecule has 0 atom stereocenters. The molecule has 0 radical (unpaired) electrons. The number of rotatable bonds is 2. The normalized spacial score (nSPS) is 18.1. The standard InChI is InChI=1S/C20H17ClN4OS/c1-11-8-14(13(3)25(11)17-7-5-4-6-16(17)21)9-15-18(22)24-10-12(2)27-20(24)23-19(15)26/h4-10,22H,1-3H3. The second-order valence-corrected chi connectivity index (χ2v) is 8.05. The van der Waals surface area contributed by atoms with Crippen LogP contribution in [0.5, 0.6) is 0 Å². The summed E-state index contributed by atoms with van der Waals surface area (Å²) in [6, 6.07) is 9.63. The van der Waals surface area contributed by atoms with Crippen molar-refractivity contribution in [2.75, 3.05) is 0 Å². The number of para-hydroxylation sites is 1. The molecular weight excluding hydrogens is 380 g/mol. The van der Waals surface area contributed by atoms with Crippen molar-refractivity contribution >= 4 is 46.3 Å². The number of aryl methyl sites for hydroxylation is 1. The van der Waals surface area contributed by atoms with E-state index in [9.17, 15) is 4.79 Å². The number of amides is 1. The molecule has 5 nitrogen and oxygen atoms in total. The van der Waals surface area contributed by atoms with Crippen LogP contribution < -0.4 is 0 Å². The minimum atomic E-state index is -0.385. The average molecular weight is 397 g/mol. The van der Waals surface area contributed by atoms with E-state index in [0.29, 0.717) is 10.2 Å². The Balaban J connectivity index is 1.80. The van der Waals surface area contributed by atoms with Crippen LogP contribution in [0.25, 0.3) is 11.8 Å². The molecule has 3 heterocycles. The molecule has 0 spiro atoms. The molecule has 0 bridgehead atoms. The molecule has 0 saturated carbocycles. The van der Waals surface area contributed by atoms with Crippen LogP contribution in [0.3, 0.4) is 0 Å². The molecule has 2 aliphatic heterocycles. The Morgan fingerprint density at radius 2 is 1.96 bits per heavy atom. The number of carbonyl (C=O) groups excluding carboxylic acids is 1. The fourth-order valence-corrected chi connectivity index (χ4v) is 4.33. The second-order valence-electron chi connectivity index (χ2n) is 6.43. The highest BCUT2D eigenvalue weighted by atomic mass is 35.5. The molecule has 1 N–H and O–H groups in total. The number of carbonyl (C=O) groups is 1. The summed E-state index contributed by atoms with van der Waals surface area (Å²) in [6.45, 7) is 5.90. The number of benzene rings is 1. The van der Waals surface area contributed by atoms with Crippen LogP contribution in [0.15, 0.2) is 52.0 Å². The first kappa shape index (κ1) is 17.8. The lowest BCUT2D eigenvalue weighted by Crippen LogP contribution is -2.35. The Bertz CT molecular complexity index is 1090. The lowest BCUT2D eigenvalue weighted by atomic mass is 10.1. The number of amidine groups is 2. The van der Waals surface area contributed by atoms with Crippen molar-refractivity contribution in [3.05, 3.63) is 69.0 Å². The van der Waals surface area contributed by atoms with Gasteiger partial charge in [-0.3, -0.25) is 15.1 Å². The van der Waals surface area contributed by atoms with Gasteiger partial charge in [-0.2, -0.15) is 4.99 Å². The third-order valence-electron chi connectivity index (χ3n) is 4.56. The third kappa shape index (κ3) is 2.95. The van der Waals surface area contributed by atoms with E-state index in [2.05, 4.69) is 9.56 Å². The number of fused-ring (bicyclic) bond motifs is 1. The lowest BCUT2D eigenvalue weighted by molar-refractivity contribution is -0.114. The van der Waals surface area contributed by atoms with Gasteiger partial charge in [0.05, 0.1) is 16.3 Å². The van der Waals surface area contributed by atoms with Gasteiger partial charge in [-0.1, -0.05) is 35.5 Å². The SMILES string of the molecule is CC1=CN2C(=N)C(=Cc3cc(C)n(-c4ccccc4Cl)c3C)C(=O)N=C2S1. The molecule has 1 amide bonds. The predicted octanol–water partition coefficient (Wildman–Crippen LogP) is 4.91. The maximum Gasteiger partial charge on any atom is 0.283 e. The Hall–Kier alpha value is -2.57. The number of aromatic nitrogens is 1. The fourth-order valence-electron chi connectivity index (χ4n) is 3.29. The molecule has 1 aromatic heterocycles. The van der Waals surface area contributed by atoms with Gasteiger partial charge in [0.25, 0.3) is 5.91 Å². The summed E-state index contributed by atoms with van der Waals surface area (Å²) in [5.41, 5.74) is 3.99. The number of nitrogens with zero attached hydrogens (tertiary/aromatic N) is 3. The smallest absolute Gasteiger partial charge is 0.283 e. The number of nitrogens with one attached hydrogen (secondary N) is 1. The number of allylic oxidation sites excluding steroid dienone is 1. The highest BCUT2D eigenvalue weighted by Crippen LogP contribution is 2.33. The van der Waals surface area contributed by atoms with Gasteiger partial charge in [0.1, 0.15) is 5.84 Å². The average Bonchev–Trinajstić information content (AvgIpc) is 3.12. The van der Waals surface area contributed by atoms with Crippen molar-refractivity contribution in [3.8, 4) is 5.69 Å². The topological polar surface area (TPSA) is 61.5 Å². The first-order valence-electron chi connectivity index (χ1n) is 8.40. The maximum atomic E-state index is 12.5. The molecule has 4 rings (SSSR count). The summed E-state index contributed by atoms with van der Waals surface area (Å²) < 4.78 is 2.05. The van der Waals surface area contributed by atoms with E-state index < -0.39 is 0 Å². The van der Waals surface area contributed by atoms with Gasteiger partial charge in [0.2, 0.25) is 0 Å². The van der Waals surface area contributed by atoms with E-state index in [1.165, 1.54) is 11.8 Å². The summed E-state index contributed by atoms with van der Waals surface area (Å²) in [5, 5.41) is 9.64. The number of halogens is 1. The third-order valence-corrected chi connectivity index (χ3v) is 5.77. The van der Waals surface area contributed by atoms with Gasteiger partial charge in [-0.15, -0.1) is 0 Å². The number of aliphatic imine (C=N–C) groups is 1. The number of thioether (sulfide) groups is 1. The van der Waals surface area contributed by atoms with Crippen molar-refractivity contribution in [1.82, 2.24) is 9.47 Å². The van der Waals surface area contributed by atoms with Gasteiger partial charge < -0.3 is 4.57 Å². The minimum absolute atomic E-state index is 0.150. The van der Waals surface area contributed by atoms with Gasteiger partial charge >= 0.3 is 0 Å². The van der Waals surface area contributed by atoms with Gasteiger partial charge in [-0.25, -0.2) is 0 Å². The Morgan fingerprint density at radius 1 is 1.22 bits per heavy atom. The van der Waals surface area contributed by atoms with Crippen molar-refractivity contribution in [3.63, 3.8) is 0 Å². The summed E-state index contributed by atoms with van der Waals surface area (Å²) in [7, 11) is 0. The molecule has 0 unspecified atom stereocenters. The zero-order valence-corrected chi connectivity index (χ0v) is 16.6. The first-order valence-corrected chi connectivity index (χ1v) is 9.59. The van der Waals surface area contributed by atoms with Gasteiger partial charge in [0.15, 0.2) is 5.17 Å². The zero-order chi connectivity index (χ0) is 19.3. The minimum Gasteiger partial charge on any atom is -0.316 e. The Kier molecular flexibility index (Phi) is 4.32. The fraction of sp³-hybridized carbons (Fsp3) is 0.150. The Labute approximate surface area is 166 Å². The lowest BCUT2D eigenvalue weighted by Gasteiger charge is -2.22. The summed E-state index contributed by atoms with van der Waals surface area (Å²) in [5.74, 6) is -0.235. The molecule has 2 aliphatic rings. The van der Waals surface area contributed by atoms with Crippen molar-refractivity contribution in [1.29, 1.82) is 5.41 Å². The highest BCUT2D eigenvalue weighted by Gasteiger charge is 2.33. The molecule has 1 aromatic carbocycles. The van der Waals surface area contributed by atoms with E-state index in [0.717, 1.165) is 27.5 Å². The molecule has 7 heteroatoms. The van der Waals surface area contributed by atoms with Crippen molar-refractivity contribution in [2.45, 2.75) is 20.8 Å². The van der Waals surface area contributed by atoms with Gasteiger partial charge in [-0.05, 0) is 50.6 Å². The summed E-state index contributed by atoms with van der Waals surface area (Å²) in [4.78, 5) is 19.3. The van der Waals surface area contributed by atoms with Crippen LogP contribution in [0.2, 0.25) is 5.02 Å². The summed E-state index contributed by atoms with van der Waals surface area (Å²) >= 11 is 7.77. The van der Waals surface area contributed by atoms with Crippen LogP contribution in [0, 0.1) is 19.3 Å². The second kappa shape index (κ2) is 6.55. The van der Waals surface area contributed by atoms with E-state index in [4.69, 9.17) is 17.0 Å². The highest BCUT2D eigenvalue weighted by molar-refractivity contribution is 8.17. The van der Waals surface area contributed by atoms with E-state index in [-0.39, 0.29) is 17.3 Å². The van der Waals surface area contributed by atoms with E-state index in [1.807, 2.05) is 57.3 Å². The maximum absolute atomic E-state index is 12.5. The monoisotopic (exact) mass is 396 g/mol. The quantitative estimate of drug-likeness (QED) is 0.733. The van der Waals surface area contributed by atoms with Crippen LogP contribution in [-0.2, 0) is 4.79 Å². The molecule has 0 saturated heterocycles. The van der Waals surface area contributed by atoms with Gasteiger partial charge in [0, 0.05) is 22.5 Å². The largest absolute Gasteiger partial charge is 0.316 e. The first-order chi connectivity index (χ1) is 12.9. The van der Waals surface area contributed by atoms with Crippen molar-refractivity contribution in [2.24, 2.45) is 4.99 Å².